The van der Waals surface area contributed by atoms with Crippen LogP contribution in [-0.2, 0) is 0 Å². The molecule has 0 saturated carbocycles. The lowest BCUT2D eigenvalue weighted by Gasteiger charge is -1.52. The molecule has 1 heterocycles. The summed E-state index contributed by atoms with van der Waals surface area (Å²) in [5.41, 5.74) is -0.579. The number of aromatic amines is 2. The molecule has 0 atom stereocenters. The van der Waals surface area contributed by atoms with E-state index in [4.69, 9.17) is 0 Å². The summed E-state index contributed by atoms with van der Waals surface area (Å²) in [7, 11) is 0. The average Bonchev–Trinajstić information content (AvgIpc) is 1.91. The fraction of sp³-hybridized carbons (Fsp3) is 0. The van der Waals surface area contributed by atoms with Crippen LogP contribution in [0.5, 0.6) is 0 Å². The Balaban J connectivity index is 3.71. The van der Waals surface area contributed by atoms with Crippen molar-refractivity contribution in [2.75, 3.05) is 0 Å². The molecule has 1 aromatic rings. The summed E-state index contributed by atoms with van der Waals surface area (Å²) in [6.07, 6.45) is 0. The van der Waals surface area contributed by atoms with Crippen molar-refractivity contribution in [2.24, 2.45) is 0 Å². The highest BCUT2D eigenvalue weighted by Gasteiger charge is 1.87. The molecule has 38 valence electrons. The Morgan fingerprint density at radius 2 is 2.14 bits per heavy atom. The van der Waals surface area contributed by atoms with E-state index in [0.29, 0.717) is 0 Å². The van der Waals surface area contributed by atoms with Crippen LogP contribution >= 0.6 is 11.5 Å². The van der Waals surface area contributed by atoms with Gasteiger partial charge in [-0.25, -0.2) is 4.49 Å². The number of H-pyrrole nitrogens is 2. The first-order valence-electron chi connectivity index (χ1n) is 1.57. The first-order valence-corrected chi connectivity index (χ1v) is 2.38. The third-order valence-corrected chi connectivity index (χ3v) is 1.07. The normalized spacial score (nSPS) is 9.14. The van der Waals surface area contributed by atoms with Crippen LogP contribution in [-0.4, -0.2) is 9.59 Å². The lowest BCUT2D eigenvalue weighted by molar-refractivity contribution is 1.10. The van der Waals surface area contributed by atoms with Crippen molar-refractivity contribution in [1.29, 1.82) is 0 Å². The minimum absolute atomic E-state index is 0.486. The molecule has 5 heteroatoms. The van der Waals surface area contributed by atoms with Gasteiger partial charge in [0.05, 0.1) is 0 Å². The van der Waals surface area contributed by atoms with Gasteiger partial charge >= 0.3 is 10.3 Å². The summed E-state index contributed by atoms with van der Waals surface area (Å²) in [4.78, 5) is 20.1. The predicted octanol–water partition coefficient (Wildman–Crippen LogP) is -0.875. The highest BCUT2D eigenvalue weighted by Crippen LogP contribution is 1.58. The highest BCUT2D eigenvalue weighted by atomic mass is 32.1. The van der Waals surface area contributed by atoms with Crippen LogP contribution in [0.4, 0.5) is 0 Å². The molecule has 0 amide bonds. The summed E-state index contributed by atoms with van der Waals surface area (Å²) >= 11 is 0.756. The van der Waals surface area contributed by atoms with E-state index in [1.807, 2.05) is 0 Å². The molecule has 1 rings (SSSR count). The standard InChI is InChI=1S/C2H2N2O2S/c5-1-2(6)7-4-3-1/h4H,(H,3,5). The molecular formula is C2H2N2O2S. The van der Waals surface area contributed by atoms with Gasteiger partial charge in [0, 0.05) is 11.5 Å². The molecule has 0 fully saturated rings. The van der Waals surface area contributed by atoms with Crippen molar-refractivity contribution >= 4 is 11.5 Å². The summed E-state index contributed by atoms with van der Waals surface area (Å²) < 4.78 is 1.80. The molecular weight excluding hydrogens is 116 g/mol. The lowest BCUT2D eigenvalue weighted by atomic mass is 11.0. The number of hydrogen-bond donors (Lipinski definition) is 2. The van der Waals surface area contributed by atoms with Gasteiger partial charge in [-0.2, -0.15) is 0 Å². The van der Waals surface area contributed by atoms with Crippen LogP contribution in [0.1, 0.15) is 0 Å². The number of aromatic nitrogens is 2. The predicted molar refractivity (Wildman–Crippen MR) is 25.6 cm³/mol. The maximum atomic E-state index is 10.1. The van der Waals surface area contributed by atoms with E-state index in [2.05, 4.69) is 9.59 Å². The fourth-order valence-corrected chi connectivity index (χ4v) is 0.596. The quantitative estimate of drug-likeness (QED) is 0.434. The number of rotatable bonds is 0. The molecule has 0 radical (unpaired) electrons. The summed E-state index contributed by atoms with van der Waals surface area (Å²) in [6.45, 7) is 0. The second kappa shape index (κ2) is 1.34. The average molecular weight is 118 g/mol. The molecule has 0 spiro atoms. The minimum Gasteiger partial charge on any atom is -0.270 e. The Kier molecular flexibility index (Phi) is 0.828. The van der Waals surface area contributed by atoms with E-state index in [9.17, 15) is 9.59 Å². The zero-order chi connectivity index (χ0) is 5.28. The molecule has 2 N–H and O–H groups in total. The Labute approximate surface area is 41.9 Å². The maximum Gasteiger partial charge on any atom is 0.323 e. The summed E-state index contributed by atoms with van der Waals surface area (Å²) in [5.74, 6) is 0. The summed E-state index contributed by atoms with van der Waals surface area (Å²) in [5, 5.41) is 2.09. The molecule has 0 aliphatic rings. The van der Waals surface area contributed by atoms with Gasteiger partial charge in [0.25, 0.3) is 0 Å². The topological polar surface area (TPSA) is 65.7 Å². The lowest BCUT2D eigenvalue weighted by Crippen LogP contribution is -2.16. The first kappa shape index (κ1) is 4.32. The maximum absolute atomic E-state index is 10.1. The third kappa shape index (κ3) is 0.614. The van der Waals surface area contributed by atoms with Crippen molar-refractivity contribution < 1.29 is 0 Å². The first-order chi connectivity index (χ1) is 3.30. The van der Waals surface area contributed by atoms with Crippen molar-refractivity contribution in [3.63, 3.8) is 0 Å². The van der Waals surface area contributed by atoms with E-state index < -0.39 is 10.3 Å². The number of hydrogen-bond acceptors (Lipinski definition) is 3. The molecule has 0 saturated heterocycles. The fourth-order valence-electron chi connectivity index (χ4n) is 0.216. The number of nitrogens with one attached hydrogen (secondary N) is 2. The van der Waals surface area contributed by atoms with Gasteiger partial charge in [-0.1, -0.05) is 0 Å². The Hall–Kier alpha value is -0.840. The van der Waals surface area contributed by atoms with Crippen molar-refractivity contribution in [3.05, 3.63) is 19.9 Å². The Morgan fingerprint density at radius 3 is 2.29 bits per heavy atom. The van der Waals surface area contributed by atoms with Crippen LogP contribution in [0.2, 0.25) is 0 Å². The van der Waals surface area contributed by atoms with Gasteiger partial charge in [-0.05, 0) is 0 Å². The van der Waals surface area contributed by atoms with Gasteiger partial charge in [-0.3, -0.25) is 14.7 Å². The smallest absolute Gasteiger partial charge is 0.270 e. The van der Waals surface area contributed by atoms with Crippen molar-refractivity contribution in [1.82, 2.24) is 9.59 Å². The van der Waals surface area contributed by atoms with Gasteiger partial charge in [0.1, 0.15) is 0 Å². The minimum atomic E-state index is -0.579. The second-order valence-electron chi connectivity index (χ2n) is 0.946. The zero-order valence-electron chi connectivity index (χ0n) is 3.22. The molecule has 1 aromatic heterocycles. The van der Waals surface area contributed by atoms with Crippen molar-refractivity contribution in [3.8, 4) is 0 Å². The molecule has 4 nitrogen and oxygen atoms in total. The third-order valence-electron chi connectivity index (χ3n) is 0.494. The second-order valence-corrected chi connectivity index (χ2v) is 1.72. The van der Waals surface area contributed by atoms with E-state index in [1.165, 1.54) is 0 Å². The van der Waals surface area contributed by atoms with Crippen LogP contribution in [0, 0.1) is 0 Å². The highest BCUT2D eigenvalue weighted by molar-refractivity contribution is 7.02. The molecule has 0 aliphatic carbocycles. The largest absolute Gasteiger partial charge is 0.323 e. The zero-order valence-corrected chi connectivity index (χ0v) is 4.04. The Morgan fingerprint density at radius 1 is 1.43 bits per heavy atom. The Bertz CT molecular complexity index is 218. The van der Waals surface area contributed by atoms with E-state index in [-0.39, 0.29) is 0 Å². The molecule has 0 bridgehead atoms. The van der Waals surface area contributed by atoms with Crippen LogP contribution in [0.3, 0.4) is 0 Å². The van der Waals surface area contributed by atoms with Crippen LogP contribution in [0.15, 0.2) is 9.59 Å². The van der Waals surface area contributed by atoms with Gasteiger partial charge in [0.15, 0.2) is 0 Å². The molecule has 0 aromatic carbocycles. The van der Waals surface area contributed by atoms with Crippen molar-refractivity contribution in [2.45, 2.75) is 0 Å². The molecule has 7 heavy (non-hydrogen) atoms. The van der Waals surface area contributed by atoms with Gasteiger partial charge in [0.2, 0.25) is 0 Å². The van der Waals surface area contributed by atoms with E-state index >= 15 is 0 Å². The summed E-state index contributed by atoms with van der Waals surface area (Å²) in [6, 6.07) is 0. The molecule has 0 unspecified atom stereocenters. The monoisotopic (exact) mass is 118 g/mol. The molecule has 0 aliphatic heterocycles. The van der Waals surface area contributed by atoms with Gasteiger partial charge < -0.3 is 0 Å². The van der Waals surface area contributed by atoms with E-state index in [1.54, 1.807) is 0 Å². The van der Waals surface area contributed by atoms with Crippen LogP contribution in [0.25, 0.3) is 0 Å². The van der Waals surface area contributed by atoms with Gasteiger partial charge in [-0.15, -0.1) is 0 Å². The SMILES string of the molecule is O=c1[nH][nH]sc1=O. The van der Waals surface area contributed by atoms with Crippen LogP contribution < -0.4 is 10.3 Å². The van der Waals surface area contributed by atoms with E-state index in [0.717, 1.165) is 11.5 Å².